The fourth-order valence-electron chi connectivity index (χ4n) is 1.91. The van der Waals surface area contributed by atoms with E-state index in [0.717, 1.165) is 0 Å². The molecule has 0 saturated carbocycles. The summed E-state index contributed by atoms with van der Waals surface area (Å²) in [4.78, 5) is 36.6. The van der Waals surface area contributed by atoms with E-state index in [1.54, 1.807) is 34.6 Å². The van der Waals surface area contributed by atoms with Crippen molar-refractivity contribution in [3.8, 4) is 0 Å². The number of hydrogen-bond donors (Lipinski definition) is 0. The summed E-state index contributed by atoms with van der Waals surface area (Å²) in [6, 6.07) is 0. The lowest BCUT2D eigenvalue weighted by Crippen LogP contribution is -2.47. The topological polar surface area (TPSA) is 78.9 Å². The van der Waals surface area contributed by atoms with Crippen LogP contribution in [0.1, 0.15) is 61.3 Å². The van der Waals surface area contributed by atoms with Crippen molar-refractivity contribution >= 4 is 17.9 Å². The van der Waals surface area contributed by atoms with Crippen molar-refractivity contribution in [2.75, 3.05) is 6.61 Å². The highest BCUT2D eigenvalue weighted by atomic mass is 16.6. The number of esters is 3. The molecule has 1 saturated heterocycles. The summed E-state index contributed by atoms with van der Waals surface area (Å²) in [5, 5.41) is 0. The molecule has 0 aromatic rings. The van der Waals surface area contributed by atoms with Gasteiger partial charge in [-0.3, -0.25) is 4.79 Å². The highest BCUT2D eigenvalue weighted by molar-refractivity contribution is 5.87. The average Bonchev–Trinajstić information content (AvgIpc) is 2.73. The fraction of sp³-hybridized carbons (Fsp3) is 0.824. The van der Waals surface area contributed by atoms with Gasteiger partial charge in [0.05, 0.1) is 5.41 Å². The average molecular weight is 328 g/mol. The molecule has 0 aliphatic carbocycles. The first-order valence-electron chi connectivity index (χ1n) is 8.01. The van der Waals surface area contributed by atoms with Gasteiger partial charge >= 0.3 is 17.9 Å². The standard InChI is InChI=1S/C17H28O6/c1-8-15(3,4)13(19)23-17(7,9-2)14(20)22-11-12(18)21-10-16(11,5)6/h11H,8-10H2,1-7H3. The fourth-order valence-corrected chi connectivity index (χ4v) is 1.91. The van der Waals surface area contributed by atoms with Gasteiger partial charge in [-0.1, -0.05) is 27.7 Å². The molecule has 6 nitrogen and oxygen atoms in total. The van der Waals surface area contributed by atoms with E-state index >= 15 is 0 Å². The minimum absolute atomic E-state index is 0.190. The number of ether oxygens (including phenoxy) is 3. The molecule has 0 N–H and O–H groups in total. The normalized spacial score (nSPS) is 22.9. The largest absolute Gasteiger partial charge is 0.462 e. The SMILES string of the molecule is CCC(C)(C)C(=O)OC(C)(CC)C(=O)OC1C(=O)OCC1(C)C. The Kier molecular flexibility index (Phi) is 5.49. The van der Waals surface area contributed by atoms with E-state index in [4.69, 9.17) is 14.2 Å². The molecule has 0 aromatic carbocycles. The van der Waals surface area contributed by atoms with Crippen LogP contribution in [0.2, 0.25) is 0 Å². The van der Waals surface area contributed by atoms with Gasteiger partial charge in [-0.15, -0.1) is 0 Å². The summed E-state index contributed by atoms with van der Waals surface area (Å²) in [5.74, 6) is -1.76. The van der Waals surface area contributed by atoms with E-state index < -0.39 is 40.4 Å². The van der Waals surface area contributed by atoms with Crippen molar-refractivity contribution in [3.05, 3.63) is 0 Å². The first kappa shape index (κ1) is 19.5. The second-order valence-electron chi connectivity index (χ2n) is 7.59. The van der Waals surface area contributed by atoms with Crippen LogP contribution < -0.4 is 0 Å². The zero-order valence-electron chi connectivity index (χ0n) is 15.1. The maximum absolute atomic E-state index is 12.5. The third-order valence-electron chi connectivity index (χ3n) is 4.60. The van der Waals surface area contributed by atoms with Gasteiger partial charge in [0.1, 0.15) is 6.61 Å². The van der Waals surface area contributed by atoms with Crippen molar-refractivity contribution in [1.29, 1.82) is 0 Å². The van der Waals surface area contributed by atoms with Crippen LogP contribution in [0.25, 0.3) is 0 Å². The molecule has 2 unspecified atom stereocenters. The Morgan fingerprint density at radius 3 is 2.13 bits per heavy atom. The second-order valence-corrected chi connectivity index (χ2v) is 7.59. The van der Waals surface area contributed by atoms with Gasteiger partial charge in [0.25, 0.3) is 0 Å². The molecule has 0 bridgehead atoms. The maximum Gasteiger partial charge on any atom is 0.351 e. The van der Waals surface area contributed by atoms with Crippen LogP contribution in [0.15, 0.2) is 0 Å². The van der Waals surface area contributed by atoms with Crippen molar-refractivity contribution < 1.29 is 28.6 Å². The van der Waals surface area contributed by atoms with Crippen LogP contribution in [-0.2, 0) is 28.6 Å². The number of cyclic esters (lactones) is 1. The molecule has 6 heteroatoms. The lowest BCUT2D eigenvalue weighted by molar-refractivity contribution is -0.193. The number of carbonyl (C=O) groups is 3. The molecular weight excluding hydrogens is 300 g/mol. The van der Waals surface area contributed by atoms with E-state index in [9.17, 15) is 14.4 Å². The molecule has 0 amide bonds. The molecule has 1 rings (SSSR count). The lowest BCUT2D eigenvalue weighted by atomic mass is 9.89. The summed E-state index contributed by atoms with van der Waals surface area (Å²) in [5.41, 5.74) is -2.72. The van der Waals surface area contributed by atoms with E-state index in [2.05, 4.69) is 0 Å². The molecule has 132 valence electrons. The van der Waals surface area contributed by atoms with Gasteiger partial charge in [-0.05, 0) is 33.6 Å². The molecule has 1 fully saturated rings. The summed E-state index contributed by atoms with van der Waals surface area (Å²) < 4.78 is 15.8. The lowest BCUT2D eigenvalue weighted by Gasteiger charge is -2.32. The van der Waals surface area contributed by atoms with Gasteiger partial charge in [-0.2, -0.15) is 0 Å². The third kappa shape index (κ3) is 4.03. The number of rotatable bonds is 6. The zero-order chi connectivity index (χ0) is 18.1. The first-order valence-corrected chi connectivity index (χ1v) is 8.01. The Bertz CT molecular complexity index is 493. The quantitative estimate of drug-likeness (QED) is 0.551. The van der Waals surface area contributed by atoms with E-state index in [0.29, 0.717) is 6.42 Å². The molecule has 1 heterocycles. The summed E-state index contributed by atoms with van der Waals surface area (Å²) in [6.07, 6.45) is -0.152. The van der Waals surface area contributed by atoms with Crippen LogP contribution in [0, 0.1) is 10.8 Å². The van der Waals surface area contributed by atoms with Gasteiger partial charge in [0.15, 0.2) is 0 Å². The van der Waals surface area contributed by atoms with Crippen molar-refractivity contribution in [3.63, 3.8) is 0 Å². The monoisotopic (exact) mass is 328 g/mol. The number of carbonyl (C=O) groups excluding carboxylic acids is 3. The molecule has 0 spiro atoms. The highest BCUT2D eigenvalue weighted by Crippen LogP contribution is 2.33. The molecule has 0 aromatic heterocycles. The van der Waals surface area contributed by atoms with Gasteiger partial charge in [0, 0.05) is 5.41 Å². The van der Waals surface area contributed by atoms with E-state index in [-0.39, 0.29) is 13.0 Å². The molecular formula is C17H28O6. The summed E-state index contributed by atoms with van der Waals surface area (Å²) in [6.45, 7) is 12.4. The van der Waals surface area contributed by atoms with E-state index in [1.165, 1.54) is 6.92 Å². The summed E-state index contributed by atoms with van der Waals surface area (Å²) >= 11 is 0. The molecule has 0 radical (unpaired) electrons. The summed E-state index contributed by atoms with van der Waals surface area (Å²) in [7, 11) is 0. The highest BCUT2D eigenvalue weighted by Gasteiger charge is 2.50. The predicted molar refractivity (Wildman–Crippen MR) is 83.5 cm³/mol. The van der Waals surface area contributed by atoms with Crippen molar-refractivity contribution in [1.82, 2.24) is 0 Å². The van der Waals surface area contributed by atoms with Crippen molar-refractivity contribution in [2.45, 2.75) is 73.0 Å². The second kappa shape index (κ2) is 6.49. The van der Waals surface area contributed by atoms with Crippen LogP contribution in [0.5, 0.6) is 0 Å². The first-order chi connectivity index (χ1) is 10.4. The molecule has 2 atom stereocenters. The molecule has 1 aliphatic heterocycles. The minimum Gasteiger partial charge on any atom is -0.462 e. The van der Waals surface area contributed by atoms with Crippen LogP contribution in [0.3, 0.4) is 0 Å². The Labute approximate surface area is 137 Å². The van der Waals surface area contributed by atoms with Crippen LogP contribution >= 0.6 is 0 Å². The van der Waals surface area contributed by atoms with Gasteiger partial charge in [0.2, 0.25) is 11.7 Å². The maximum atomic E-state index is 12.5. The Morgan fingerprint density at radius 2 is 1.74 bits per heavy atom. The van der Waals surface area contributed by atoms with Crippen molar-refractivity contribution in [2.24, 2.45) is 10.8 Å². The minimum atomic E-state index is -1.43. The van der Waals surface area contributed by atoms with Crippen LogP contribution in [0.4, 0.5) is 0 Å². The predicted octanol–water partition coefficient (Wildman–Crippen LogP) is 2.63. The Hall–Kier alpha value is -1.59. The van der Waals surface area contributed by atoms with Gasteiger partial charge in [-0.25, -0.2) is 9.59 Å². The third-order valence-corrected chi connectivity index (χ3v) is 4.60. The molecule has 1 aliphatic rings. The smallest absolute Gasteiger partial charge is 0.351 e. The molecule has 23 heavy (non-hydrogen) atoms. The number of hydrogen-bond acceptors (Lipinski definition) is 6. The Balaban J connectivity index is 2.89. The van der Waals surface area contributed by atoms with E-state index in [1.807, 2.05) is 6.92 Å². The van der Waals surface area contributed by atoms with Crippen LogP contribution in [-0.4, -0.2) is 36.2 Å². The van der Waals surface area contributed by atoms with Gasteiger partial charge < -0.3 is 14.2 Å². The Morgan fingerprint density at radius 1 is 1.17 bits per heavy atom. The zero-order valence-corrected chi connectivity index (χ0v) is 15.1.